The molecule has 0 unspecified atom stereocenters. The van der Waals surface area contributed by atoms with Crippen LogP contribution in [0.5, 0.6) is 0 Å². The second-order valence-electron chi connectivity index (χ2n) is 3.49. The third-order valence-electron chi connectivity index (χ3n) is 2.34. The predicted molar refractivity (Wildman–Crippen MR) is 63.7 cm³/mol. The fourth-order valence-electron chi connectivity index (χ4n) is 1.65. The van der Waals surface area contributed by atoms with Gasteiger partial charge in [0.1, 0.15) is 4.90 Å². The van der Waals surface area contributed by atoms with E-state index in [0.717, 1.165) is 5.56 Å². The molecule has 0 fully saturated rings. The number of nitrogens with one attached hydrogen (secondary N) is 1. The Balaban J connectivity index is 2.97. The zero-order valence-corrected chi connectivity index (χ0v) is 10.8. The van der Waals surface area contributed by atoms with Gasteiger partial charge in [0.05, 0.1) is 15.8 Å². The fourth-order valence-corrected chi connectivity index (χ4v) is 3.69. The van der Waals surface area contributed by atoms with Crippen molar-refractivity contribution in [2.45, 2.75) is 18.7 Å². The standard InChI is InChI=1S/C9H8Cl2N2O2S/c1-4-3-6(10)8(11)9-7(4)5(2)12-13-16(9,14)15/h3,13H,1-2H3. The first-order valence-corrected chi connectivity index (χ1v) is 6.63. The highest BCUT2D eigenvalue weighted by atomic mass is 35.5. The summed E-state index contributed by atoms with van der Waals surface area (Å²) in [6.07, 6.45) is 0. The highest BCUT2D eigenvalue weighted by Crippen LogP contribution is 2.36. The van der Waals surface area contributed by atoms with Crippen LogP contribution in [0.2, 0.25) is 10.0 Å². The first-order valence-electron chi connectivity index (χ1n) is 4.39. The maximum Gasteiger partial charge on any atom is 0.278 e. The van der Waals surface area contributed by atoms with Crippen LogP contribution in [0.4, 0.5) is 0 Å². The molecule has 16 heavy (non-hydrogen) atoms. The first-order chi connectivity index (χ1) is 7.34. The maximum atomic E-state index is 11.8. The predicted octanol–water partition coefficient (Wildman–Crippen LogP) is 2.32. The second kappa shape index (κ2) is 3.61. The van der Waals surface area contributed by atoms with Gasteiger partial charge in [-0.05, 0) is 25.5 Å². The number of sulfonamides is 1. The van der Waals surface area contributed by atoms with Gasteiger partial charge < -0.3 is 0 Å². The summed E-state index contributed by atoms with van der Waals surface area (Å²) < 4.78 is 23.6. The van der Waals surface area contributed by atoms with Gasteiger partial charge in [-0.2, -0.15) is 18.4 Å². The van der Waals surface area contributed by atoms with Gasteiger partial charge in [0.2, 0.25) is 0 Å². The summed E-state index contributed by atoms with van der Waals surface area (Å²) in [6.45, 7) is 3.47. The van der Waals surface area contributed by atoms with Crippen LogP contribution in [0, 0.1) is 6.92 Å². The summed E-state index contributed by atoms with van der Waals surface area (Å²) in [4.78, 5) is 2.08. The second-order valence-corrected chi connectivity index (χ2v) is 5.87. The van der Waals surface area contributed by atoms with Crippen molar-refractivity contribution in [1.29, 1.82) is 0 Å². The average Bonchev–Trinajstić information content (AvgIpc) is 2.18. The van der Waals surface area contributed by atoms with Gasteiger partial charge in [-0.1, -0.05) is 23.2 Å². The molecule has 4 nitrogen and oxygen atoms in total. The smallest absolute Gasteiger partial charge is 0.200 e. The van der Waals surface area contributed by atoms with Crippen molar-refractivity contribution in [2.24, 2.45) is 5.10 Å². The molecule has 1 aromatic carbocycles. The van der Waals surface area contributed by atoms with Gasteiger partial charge in [0, 0.05) is 5.56 Å². The number of fused-ring (bicyclic) bond motifs is 1. The number of hydrogen-bond donors (Lipinski definition) is 1. The molecule has 0 bridgehead atoms. The lowest BCUT2D eigenvalue weighted by molar-refractivity contribution is 0.582. The Labute approximate surface area is 103 Å². The van der Waals surface area contributed by atoms with E-state index in [-0.39, 0.29) is 14.9 Å². The lowest BCUT2D eigenvalue weighted by Gasteiger charge is -2.19. The van der Waals surface area contributed by atoms with Gasteiger partial charge in [-0.15, -0.1) is 0 Å². The highest BCUT2D eigenvalue weighted by Gasteiger charge is 2.29. The van der Waals surface area contributed by atoms with Crippen molar-refractivity contribution in [3.05, 3.63) is 27.2 Å². The lowest BCUT2D eigenvalue weighted by atomic mass is 10.1. The van der Waals surface area contributed by atoms with Gasteiger partial charge in [0.25, 0.3) is 10.0 Å². The number of rotatable bonds is 0. The van der Waals surface area contributed by atoms with E-state index in [4.69, 9.17) is 23.2 Å². The van der Waals surface area contributed by atoms with E-state index < -0.39 is 10.0 Å². The highest BCUT2D eigenvalue weighted by molar-refractivity contribution is 7.89. The molecular weight excluding hydrogens is 271 g/mol. The van der Waals surface area contributed by atoms with Gasteiger partial charge in [-0.3, -0.25) is 0 Å². The molecule has 1 aliphatic heterocycles. The van der Waals surface area contributed by atoms with Crippen LogP contribution in [0.15, 0.2) is 16.1 Å². The third-order valence-corrected chi connectivity index (χ3v) is 4.51. The average molecular weight is 279 g/mol. The van der Waals surface area contributed by atoms with Crippen molar-refractivity contribution >= 4 is 38.9 Å². The van der Waals surface area contributed by atoms with Crippen molar-refractivity contribution in [3.8, 4) is 0 Å². The zero-order valence-electron chi connectivity index (χ0n) is 8.51. The molecule has 1 aliphatic rings. The Morgan fingerprint density at radius 3 is 2.56 bits per heavy atom. The molecule has 0 atom stereocenters. The number of hydrazone groups is 1. The Hall–Kier alpha value is -0.780. The molecular formula is C9H8Cl2N2O2S. The largest absolute Gasteiger partial charge is 0.278 e. The molecule has 0 saturated heterocycles. The Morgan fingerprint density at radius 1 is 1.31 bits per heavy atom. The van der Waals surface area contributed by atoms with Crippen LogP contribution < -0.4 is 4.83 Å². The molecule has 0 radical (unpaired) electrons. The summed E-state index contributed by atoms with van der Waals surface area (Å²) in [7, 11) is -3.70. The first kappa shape index (κ1) is 11.7. The van der Waals surface area contributed by atoms with Crippen LogP contribution in [0.3, 0.4) is 0 Å². The van der Waals surface area contributed by atoms with Gasteiger partial charge >= 0.3 is 0 Å². The minimum atomic E-state index is -3.70. The SMILES string of the molecule is CC1=NNS(=O)(=O)c2c(Cl)c(Cl)cc(C)c21. The van der Waals surface area contributed by atoms with Crippen molar-refractivity contribution in [3.63, 3.8) is 0 Å². The van der Waals surface area contributed by atoms with E-state index in [1.807, 2.05) is 0 Å². The summed E-state index contributed by atoms with van der Waals surface area (Å²) in [5.41, 5.74) is 1.82. The van der Waals surface area contributed by atoms with E-state index >= 15 is 0 Å². The Kier molecular flexibility index (Phi) is 2.64. The minimum Gasteiger partial charge on any atom is -0.200 e. The van der Waals surface area contributed by atoms with E-state index in [9.17, 15) is 8.42 Å². The number of nitrogens with zero attached hydrogens (tertiary/aromatic N) is 1. The molecule has 86 valence electrons. The van der Waals surface area contributed by atoms with Crippen molar-refractivity contribution in [1.82, 2.24) is 4.83 Å². The summed E-state index contributed by atoms with van der Waals surface area (Å²) in [6, 6.07) is 1.63. The molecule has 0 aromatic heterocycles. The maximum absolute atomic E-state index is 11.8. The number of benzene rings is 1. The molecule has 1 N–H and O–H groups in total. The number of halogens is 2. The normalized spacial score (nSPS) is 17.4. The van der Waals surface area contributed by atoms with E-state index in [1.54, 1.807) is 19.9 Å². The molecule has 2 rings (SSSR count). The van der Waals surface area contributed by atoms with E-state index in [0.29, 0.717) is 11.3 Å². The number of aryl methyl sites for hydroxylation is 1. The van der Waals surface area contributed by atoms with Crippen molar-refractivity contribution < 1.29 is 8.42 Å². The molecule has 0 aliphatic carbocycles. The van der Waals surface area contributed by atoms with Crippen LogP contribution in [0.1, 0.15) is 18.1 Å². The van der Waals surface area contributed by atoms with E-state index in [1.165, 1.54) is 0 Å². The van der Waals surface area contributed by atoms with Gasteiger partial charge in [0.15, 0.2) is 0 Å². The molecule has 0 saturated carbocycles. The minimum absolute atomic E-state index is 0.00617. The quantitative estimate of drug-likeness (QED) is 0.792. The third kappa shape index (κ3) is 1.59. The summed E-state index contributed by atoms with van der Waals surface area (Å²) >= 11 is 11.8. The van der Waals surface area contributed by atoms with E-state index in [2.05, 4.69) is 9.93 Å². The molecule has 7 heteroatoms. The van der Waals surface area contributed by atoms with Crippen LogP contribution in [-0.4, -0.2) is 14.1 Å². The monoisotopic (exact) mass is 278 g/mol. The van der Waals surface area contributed by atoms with Crippen molar-refractivity contribution in [2.75, 3.05) is 0 Å². The number of hydrogen-bond acceptors (Lipinski definition) is 3. The van der Waals surface area contributed by atoms with Crippen LogP contribution in [-0.2, 0) is 10.0 Å². The summed E-state index contributed by atoms with van der Waals surface area (Å²) in [5.74, 6) is 0. The lowest BCUT2D eigenvalue weighted by Crippen LogP contribution is -2.28. The molecule has 1 aromatic rings. The van der Waals surface area contributed by atoms with Crippen LogP contribution in [0.25, 0.3) is 0 Å². The van der Waals surface area contributed by atoms with Gasteiger partial charge in [-0.25, -0.2) is 0 Å². The van der Waals surface area contributed by atoms with Crippen LogP contribution >= 0.6 is 23.2 Å². The molecule has 0 amide bonds. The topological polar surface area (TPSA) is 58.5 Å². The zero-order chi connectivity index (χ0) is 12.1. The Bertz CT molecular complexity index is 608. The molecule has 1 heterocycles. The Morgan fingerprint density at radius 2 is 1.94 bits per heavy atom. The summed E-state index contributed by atoms with van der Waals surface area (Å²) in [5, 5.41) is 3.98. The molecule has 0 spiro atoms. The fraction of sp³-hybridized carbons (Fsp3) is 0.222.